The minimum absolute atomic E-state index is 0.0373. The maximum atomic E-state index is 13.3. The van der Waals surface area contributed by atoms with Crippen LogP contribution in [0.3, 0.4) is 0 Å². The molecule has 0 amide bonds. The highest BCUT2D eigenvalue weighted by Crippen LogP contribution is 2.43. The van der Waals surface area contributed by atoms with Gasteiger partial charge in [0.15, 0.2) is 0 Å². The molecule has 1 saturated heterocycles. The zero-order valence-electron chi connectivity index (χ0n) is 17.4. The number of sulfonamides is 1. The molecule has 1 aliphatic heterocycles. The molecule has 0 radical (unpaired) electrons. The Morgan fingerprint density at radius 2 is 1.55 bits per heavy atom. The normalized spacial score (nSPS) is 25.7. The quantitative estimate of drug-likeness (QED) is 0.426. The largest absolute Gasteiger partial charge is 0.391 e. The fourth-order valence-corrected chi connectivity index (χ4v) is 6.59. The maximum Gasteiger partial charge on any atom is 0.241 e. The number of aliphatic hydroxyl groups excluding tert-OH is 1. The van der Waals surface area contributed by atoms with Crippen LogP contribution in [0.1, 0.15) is 23.2 Å². The molecule has 3 aromatic rings. The van der Waals surface area contributed by atoms with Gasteiger partial charge in [-0.1, -0.05) is 54.6 Å². The predicted molar refractivity (Wildman–Crippen MR) is 120 cm³/mol. The van der Waals surface area contributed by atoms with Crippen molar-refractivity contribution >= 4 is 20.8 Å². The summed E-state index contributed by atoms with van der Waals surface area (Å²) >= 11 is 0. The van der Waals surface area contributed by atoms with Gasteiger partial charge in [0.05, 0.1) is 11.5 Å². The molecule has 4 N–H and O–H groups in total. The van der Waals surface area contributed by atoms with Gasteiger partial charge in [0.1, 0.15) is 44.8 Å². The summed E-state index contributed by atoms with van der Waals surface area (Å²) in [6.45, 7) is 4.85. The number of piperazine rings is 1. The first-order valence-corrected chi connectivity index (χ1v) is 12.4. The predicted octanol–water partition coefficient (Wildman–Crippen LogP) is -0.310. The Morgan fingerprint density at radius 1 is 0.871 bits per heavy atom. The Balaban J connectivity index is 1.53. The van der Waals surface area contributed by atoms with Crippen LogP contribution in [0, 0.1) is 0 Å². The second-order valence-corrected chi connectivity index (χ2v) is 10.3. The van der Waals surface area contributed by atoms with Crippen molar-refractivity contribution in [2.24, 2.45) is 0 Å². The molecule has 7 heteroatoms. The van der Waals surface area contributed by atoms with E-state index in [-0.39, 0.29) is 18.7 Å². The van der Waals surface area contributed by atoms with E-state index in [1.807, 2.05) is 12.1 Å². The van der Waals surface area contributed by atoms with Crippen molar-refractivity contribution in [3.05, 3.63) is 77.9 Å². The minimum atomic E-state index is -3.65. The lowest BCUT2D eigenvalue weighted by Gasteiger charge is -2.36. The number of rotatable bonds is 6. The lowest BCUT2D eigenvalue weighted by molar-refractivity contribution is -1.03. The first-order valence-electron chi connectivity index (χ1n) is 11.0. The Hall–Kier alpha value is -2.29. The van der Waals surface area contributed by atoms with E-state index < -0.39 is 10.0 Å². The number of hydrogen-bond acceptors (Lipinski definition) is 3. The molecule has 162 valence electrons. The summed E-state index contributed by atoms with van der Waals surface area (Å²) in [5.41, 5.74) is 2.30. The molecule has 2 aliphatic rings. The van der Waals surface area contributed by atoms with Crippen LogP contribution in [0.2, 0.25) is 0 Å². The van der Waals surface area contributed by atoms with Crippen molar-refractivity contribution in [3.8, 4) is 0 Å². The third-order valence-electron chi connectivity index (χ3n) is 6.81. The van der Waals surface area contributed by atoms with Gasteiger partial charge < -0.3 is 14.9 Å². The van der Waals surface area contributed by atoms with Crippen LogP contribution in [0.4, 0.5) is 0 Å². The molecule has 1 heterocycles. The highest BCUT2D eigenvalue weighted by molar-refractivity contribution is 7.89. The summed E-state index contributed by atoms with van der Waals surface area (Å²) in [5, 5.41) is 11.6. The molecular weight excluding hydrogens is 410 g/mol. The number of hydrogen-bond donors (Lipinski definition) is 4. The van der Waals surface area contributed by atoms with Crippen LogP contribution in [-0.2, 0) is 10.0 Å². The summed E-state index contributed by atoms with van der Waals surface area (Å²) < 4.78 is 29.6. The fourth-order valence-electron chi connectivity index (χ4n) is 5.34. The van der Waals surface area contributed by atoms with Crippen LogP contribution in [0.5, 0.6) is 0 Å². The van der Waals surface area contributed by atoms with Crippen molar-refractivity contribution in [3.63, 3.8) is 0 Å². The first kappa shape index (κ1) is 20.6. The van der Waals surface area contributed by atoms with E-state index in [0.717, 1.165) is 43.7 Å². The number of aliphatic hydroxyl groups is 1. The van der Waals surface area contributed by atoms with Gasteiger partial charge in [-0.2, -0.15) is 4.72 Å². The van der Waals surface area contributed by atoms with Gasteiger partial charge in [-0.3, -0.25) is 0 Å². The Kier molecular flexibility index (Phi) is 5.54. The zero-order chi connectivity index (χ0) is 21.4. The minimum Gasteiger partial charge on any atom is -0.391 e. The van der Waals surface area contributed by atoms with Crippen molar-refractivity contribution in [2.45, 2.75) is 17.0 Å². The molecule has 6 nitrogen and oxygen atoms in total. The monoisotopic (exact) mass is 439 g/mol. The number of benzene rings is 3. The fraction of sp³-hybridized carbons (Fsp3) is 0.333. The SMILES string of the molecule is O=S(=O)(N[C@@H]1c2cccc3cccc(c23)[C@H]1[NH+]1CC[NH+](CCO)CC1)c1ccccc1. The molecule has 31 heavy (non-hydrogen) atoms. The van der Waals surface area contributed by atoms with Crippen LogP contribution in [-0.4, -0.2) is 52.9 Å². The molecule has 2 atom stereocenters. The van der Waals surface area contributed by atoms with Gasteiger partial charge in [0.2, 0.25) is 10.0 Å². The molecule has 3 aromatic carbocycles. The topological polar surface area (TPSA) is 75.3 Å². The standard InChI is InChI=1S/C24H27N3O3S/c28-17-16-26-12-14-27(15-13-26)24-21-11-5-7-18-6-4-10-20(22(18)21)23(24)25-31(29,30)19-8-2-1-3-9-19/h1-11,23-25,28H,12-17H2/p+2/t23-,24-/m1/s1. The Morgan fingerprint density at radius 3 is 2.23 bits per heavy atom. The van der Waals surface area contributed by atoms with Gasteiger partial charge in [0, 0.05) is 5.56 Å². The van der Waals surface area contributed by atoms with Gasteiger partial charge in [0.25, 0.3) is 0 Å². The highest BCUT2D eigenvalue weighted by atomic mass is 32.2. The molecule has 0 unspecified atom stereocenters. The molecule has 0 spiro atoms. The summed E-state index contributed by atoms with van der Waals surface area (Å²) in [6.07, 6.45) is 0. The van der Waals surface area contributed by atoms with Crippen LogP contribution < -0.4 is 14.5 Å². The second kappa shape index (κ2) is 8.33. The number of nitrogens with one attached hydrogen (secondary N) is 3. The van der Waals surface area contributed by atoms with Gasteiger partial charge in [-0.15, -0.1) is 0 Å². The van der Waals surface area contributed by atoms with E-state index in [1.165, 1.54) is 20.7 Å². The molecule has 0 aromatic heterocycles. The Bertz CT molecular complexity index is 1170. The molecule has 0 saturated carbocycles. The zero-order valence-corrected chi connectivity index (χ0v) is 18.2. The average Bonchev–Trinajstić information content (AvgIpc) is 3.10. The van der Waals surface area contributed by atoms with Crippen LogP contribution in [0.15, 0.2) is 71.6 Å². The third-order valence-corrected chi connectivity index (χ3v) is 8.27. The summed E-state index contributed by atoms with van der Waals surface area (Å²) in [4.78, 5) is 3.12. The van der Waals surface area contributed by atoms with Gasteiger partial charge >= 0.3 is 0 Å². The summed E-state index contributed by atoms with van der Waals surface area (Å²) in [6, 6.07) is 20.9. The first-order chi connectivity index (χ1) is 15.1. The van der Waals surface area contributed by atoms with E-state index in [2.05, 4.69) is 35.1 Å². The van der Waals surface area contributed by atoms with Gasteiger partial charge in [-0.05, 0) is 28.5 Å². The van der Waals surface area contributed by atoms with E-state index >= 15 is 0 Å². The van der Waals surface area contributed by atoms with Gasteiger partial charge in [-0.25, -0.2) is 8.42 Å². The smallest absolute Gasteiger partial charge is 0.241 e. The highest BCUT2D eigenvalue weighted by Gasteiger charge is 2.44. The Labute approximate surface area is 183 Å². The average molecular weight is 440 g/mol. The third kappa shape index (κ3) is 3.77. The van der Waals surface area contributed by atoms with Crippen LogP contribution >= 0.6 is 0 Å². The number of quaternary nitrogens is 2. The maximum absolute atomic E-state index is 13.3. The van der Waals surface area contributed by atoms with Crippen molar-refractivity contribution in [1.29, 1.82) is 0 Å². The van der Waals surface area contributed by atoms with E-state index in [0.29, 0.717) is 4.90 Å². The van der Waals surface area contributed by atoms with Crippen molar-refractivity contribution in [2.75, 3.05) is 39.3 Å². The lowest BCUT2D eigenvalue weighted by atomic mass is 10.0. The summed E-state index contributed by atoms with van der Waals surface area (Å²) in [7, 11) is -3.65. The molecular formula is C24H29N3O3S+2. The second-order valence-electron chi connectivity index (χ2n) is 8.56. The van der Waals surface area contributed by atoms with Crippen molar-refractivity contribution < 1.29 is 23.3 Å². The summed E-state index contributed by atoms with van der Waals surface area (Å²) in [5.74, 6) is 0. The molecule has 5 rings (SSSR count). The molecule has 1 aliphatic carbocycles. The van der Waals surface area contributed by atoms with E-state index in [4.69, 9.17) is 0 Å². The molecule has 0 bridgehead atoms. The van der Waals surface area contributed by atoms with Crippen LogP contribution in [0.25, 0.3) is 10.8 Å². The van der Waals surface area contributed by atoms with E-state index in [1.54, 1.807) is 24.3 Å². The van der Waals surface area contributed by atoms with E-state index in [9.17, 15) is 13.5 Å². The lowest BCUT2D eigenvalue weighted by Crippen LogP contribution is -3.28. The van der Waals surface area contributed by atoms with Crippen molar-refractivity contribution in [1.82, 2.24) is 4.72 Å². The molecule has 1 fully saturated rings.